The summed E-state index contributed by atoms with van der Waals surface area (Å²) in [7, 11) is 0. The van der Waals surface area contributed by atoms with Crippen molar-refractivity contribution in [1.29, 1.82) is 0 Å². The first-order chi connectivity index (χ1) is 5.75. The van der Waals surface area contributed by atoms with Gasteiger partial charge in [-0.05, 0) is 18.4 Å². The highest BCUT2D eigenvalue weighted by molar-refractivity contribution is 7.12. The molecule has 0 amide bonds. The molecule has 0 aliphatic carbocycles. The normalized spacial score (nSPS) is 10.1. The zero-order valence-electron chi connectivity index (χ0n) is 6.74. The van der Waals surface area contributed by atoms with E-state index in [1.807, 2.05) is 6.92 Å². The van der Waals surface area contributed by atoms with Crippen LogP contribution in [0.4, 0.5) is 0 Å². The highest BCUT2D eigenvalue weighted by Crippen LogP contribution is 2.17. The van der Waals surface area contributed by atoms with E-state index in [4.69, 9.17) is 9.84 Å². The summed E-state index contributed by atoms with van der Waals surface area (Å²) >= 11 is 1.23. The summed E-state index contributed by atoms with van der Waals surface area (Å²) in [4.78, 5) is 11.0. The van der Waals surface area contributed by atoms with Gasteiger partial charge in [0.1, 0.15) is 4.88 Å². The van der Waals surface area contributed by atoms with E-state index in [9.17, 15) is 4.79 Å². The minimum atomic E-state index is -0.875. The van der Waals surface area contributed by atoms with Crippen molar-refractivity contribution in [2.24, 2.45) is 0 Å². The smallest absolute Gasteiger partial charge is 0.346 e. The Morgan fingerprint density at radius 2 is 2.50 bits per heavy atom. The lowest BCUT2D eigenvalue weighted by atomic mass is 10.3. The standard InChI is InChI=1S/C8H10O3S/c1-2-11-5-6-3-4-12-7(6)8(9)10/h3-4H,2,5H2,1H3,(H,9,10). The fourth-order valence-corrected chi connectivity index (χ4v) is 1.60. The van der Waals surface area contributed by atoms with Gasteiger partial charge in [0.15, 0.2) is 0 Å². The Balaban J connectivity index is 2.70. The second-order valence-electron chi connectivity index (χ2n) is 2.22. The largest absolute Gasteiger partial charge is 0.477 e. The van der Waals surface area contributed by atoms with E-state index in [1.54, 1.807) is 11.4 Å². The van der Waals surface area contributed by atoms with Crippen LogP contribution in [0.3, 0.4) is 0 Å². The number of hydrogen-bond donors (Lipinski definition) is 1. The molecular weight excluding hydrogens is 176 g/mol. The zero-order chi connectivity index (χ0) is 8.97. The minimum absolute atomic E-state index is 0.378. The maximum Gasteiger partial charge on any atom is 0.346 e. The average Bonchev–Trinajstić information content (AvgIpc) is 2.48. The summed E-state index contributed by atoms with van der Waals surface area (Å²) < 4.78 is 5.11. The molecule has 0 atom stereocenters. The molecule has 1 aromatic rings. The second kappa shape index (κ2) is 4.23. The van der Waals surface area contributed by atoms with Crippen LogP contribution in [0.15, 0.2) is 11.4 Å². The van der Waals surface area contributed by atoms with E-state index in [1.165, 1.54) is 11.3 Å². The predicted octanol–water partition coefficient (Wildman–Crippen LogP) is 1.98. The van der Waals surface area contributed by atoms with Crippen molar-refractivity contribution < 1.29 is 14.6 Å². The molecule has 12 heavy (non-hydrogen) atoms. The van der Waals surface area contributed by atoms with E-state index in [-0.39, 0.29) is 0 Å². The molecule has 1 rings (SSSR count). The summed E-state index contributed by atoms with van der Waals surface area (Å²) in [6.45, 7) is 2.88. The fourth-order valence-electron chi connectivity index (χ4n) is 0.849. The van der Waals surface area contributed by atoms with E-state index in [2.05, 4.69) is 0 Å². The van der Waals surface area contributed by atoms with Crippen molar-refractivity contribution in [2.75, 3.05) is 6.61 Å². The molecule has 0 saturated carbocycles. The SMILES string of the molecule is CCOCc1ccsc1C(=O)O. The third-order valence-electron chi connectivity index (χ3n) is 1.40. The maximum atomic E-state index is 10.6. The van der Waals surface area contributed by atoms with Crippen molar-refractivity contribution in [1.82, 2.24) is 0 Å². The van der Waals surface area contributed by atoms with E-state index in [0.29, 0.717) is 18.1 Å². The van der Waals surface area contributed by atoms with Crippen LogP contribution in [-0.4, -0.2) is 17.7 Å². The molecule has 0 aliphatic heterocycles. The molecule has 0 saturated heterocycles. The second-order valence-corrected chi connectivity index (χ2v) is 3.13. The molecule has 0 aliphatic rings. The van der Waals surface area contributed by atoms with Gasteiger partial charge in [0, 0.05) is 12.2 Å². The number of carbonyl (C=O) groups is 1. The number of rotatable bonds is 4. The summed E-state index contributed by atoms with van der Waals surface area (Å²) in [5.41, 5.74) is 0.759. The lowest BCUT2D eigenvalue weighted by Crippen LogP contribution is -1.99. The van der Waals surface area contributed by atoms with Crippen molar-refractivity contribution in [3.63, 3.8) is 0 Å². The Labute approximate surface area is 74.6 Å². The van der Waals surface area contributed by atoms with Crippen LogP contribution in [0.1, 0.15) is 22.2 Å². The van der Waals surface area contributed by atoms with Gasteiger partial charge >= 0.3 is 5.97 Å². The number of carboxylic acid groups (broad SMARTS) is 1. The number of ether oxygens (including phenoxy) is 1. The molecule has 3 nitrogen and oxygen atoms in total. The quantitative estimate of drug-likeness (QED) is 0.782. The highest BCUT2D eigenvalue weighted by Gasteiger charge is 2.10. The molecular formula is C8H10O3S. The molecule has 0 unspecified atom stereocenters. The number of hydrogen-bond acceptors (Lipinski definition) is 3. The third kappa shape index (κ3) is 2.06. The summed E-state index contributed by atoms with van der Waals surface area (Å²) in [5, 5.41) is 10.5. The van der Waals surface area contributed by atoms with Crippen molar-refractivity contribution in [3.8, 4) is 0 Å². The monoisotopic (exact) mass is 186 g/mol. The van der Waals surface area contributed by atoms with Gasteiger partial charge in [0.2, 0.25) is 0 Å². The Kier molecular flexibility index (Phi) is 3.25. The first-order valence-corrected chi connectivity index (χ1v) is 4.51. The molecule has 0 spiro atoms. The van der Waals surface area contributed by atoms with E-state index >= 15 is 0 Å². The van der Waals surface area contributed by atoms with Crippen molar-refractivity contribution in [2.45, 2.75) is 13.5 Å². The number of carboxylic acids is 1. The van der Waals surface area contributed by atoms with Crippen LogP contribution in [0, 0.1) is 0 Å². The third-order valence-corrected chi connectivity index (χ3v) is 2.35. The van der Waals surface area contributed by atoms with Crippen LogP contribution in [0.5, 0.6) is 0 Å². The molecule has 1 heterocycles. The van der Waals surface area contributed by atoms with Gasteiger partial charge in [-0.2, -0.15) is 0 Å². The number of thiophene rings is 1. The zero-order valence-corrected chi connectivity index (χ0v) is 7.56. The first-order valence-electron chi connectivity index (χ1n) is 3.63. The van der Waals surface area contributed by atoms with Gasteiger partial charge in [-0.1, -0.05) is 0 Å². The van der Waals surface area contributed by atoms with E-state index < -0.39 is 5.97 Å². The van der Waals surface area contributed by atoms with Crippen LogP contribution < -0.4 is 0 Å². The van der Waals surface area contributed by atoms with Crippen LogP contribution in [-0.2, 0) is 11.3 Å². The minimum Gasteiger partial charge on any atom is -0.477 e. The Bertz CT molecular complexity index is 267. The molecule has 1 N–H and O–H groups in total. The fraction of sp³-hybridized carbons (Fsp3) is 0.375. The Morgan fingerprint density at radius 1 is 1.75 bits per heavy atom. The van der Waals surface area contributed by atoms with Gasteiger partial charge in [0.25, 0.3) is 0 Å². The molecule has 0 radical (unpaired) electrons. The lowest BCUT2D eigenvalue weighted by molar-refractivity contribution is 0.0695. The summed E-state index contributed by atoms with van der Waals surface area (Å²) in [6, 6.07) is 1.78. The molecule has 1 aromatic heterocycles. The lowest BCUT2D eigenvalue weighted by Gasteiger charge is -1.99. The van der Waals surface area contributed by atoms with Gasteiger partial charge in [0.05, 0.1) is 6.61 Å². The van der Waals surface area contributed by atoms with E-state index in [0.717, 1.165) is 5.56 Å². The highest BCUT2D eigenvalue weighted by atomic mass is 32.1. The Hall–Kier alpha value is -0.870. The van der Waals surface area contributed by atoms with Crippen LogP contribution in [0.25, 0.3) is 0 Å². The topological polar surface area (TPSA) is 46.5 Å². The summed E-state index contributed by atoms with van der Waals surface area (Å²) in [6.07, 6.45) is 0. The Morgan fingerprint density at radius 3 is 3.08 bits per heavy atom. The van der Waals surface area contributed by atoms with Crippen LogP contribution in [0.2, 0.25) is 0 Å². The maximum absolute atomic E-state index is 10.6. The molecule has 0 fully saturated rings. The average molecular weight is 186 g/mol. The van der Waals surface area contributed by atoms with Gasteiger partial charge < -0.3 is 9.84 Å². The van der Waals surface area contributed by atoms with Gasteiger partial charge in [-0.25, -0.2) is 4.79 Å². The van der Waals surface area contributed by atoms with Gasteiger partial charge in [-0.15, -0.1) is 11.3 Å². The van der Waals surface area contributed by atoms with Crippen LogP contribution >= 0.6 is 11.3 Å². The van der Waals surface area contributed by atoms with Crippen molar-refractivity contribution >= 4 is 17.3 Å². The first kappa shape index (κ1) is 9.22. The van der Waals surface area contributed by atoms with Gasteiger partial charge in [-0.3, -0.25) is 0 Å². The van der Waals surface area contributed by atoms with Crippen molar-refractivity contribution in [3.05, 3.63) is 21.9 Å². The predicted molar refractivity (Wildman–Crippen MR) is 46.6 cm³/mol. The molecule has 0 aromatic carbocycles. The summed E-state index contributed by atoms with van der Waals surface area (Å²) in [5.74, 6) is -0.875. The molecule has 66 valence electrons. The molecule has 0 bridgehead atoms. The molecule has 4 heteroatoms. The number of aromatic carboxylic acids is 1.